The fourth-order valence-electron chi connectivity index (χ4n) is 9.52. The zero-order valence-corrected chi connectivity index (χ0v) is 33.3. The molecule has 2 aliphatic carbocycles. The van der Waals surface area contributed by atoms with Gasteiger partial charge in [-0.05, 0) is 89.9 Å². The predicted molar refractivity (Wildman–Crippen MR) is 242 cm³/mol. The Bertz CT molecular complexity index is 3090. The van der Waals surface area contributed by atoms with Crippen LogP contribution in [0.25, 0.3) is 78.7 Å². The second kappa shape index (κ2) is 13.4. The molecule has 2 aliphatic rings. The summed E-state index contributed by atoms with van der Waals surface area (Å²) in [4.78, 5) is 15.7. The predicted octanol–water partition coefficient (Wildman–Crippen LogP) is 13.8. The first kappa shape index (κ1) is 35.0. The third-order valence-corrected chi connectivity index (χ3v) is 12.3. The first-order valence-corrected chi connectivity index (χ1v) is 20.4. The maximum atomic E-state index is 5.32. The Morgan fingerprint density at radius 2 is 0.763 bits per heavy atom. The van der Waals surface area contributed by atoms with Gasteiger partial charge in [-0.2, -0.15) is 0 Å². The second-order valence-electron chi connectivity index (χ2n) is 16.8. The van der Waals surface area contributed by atoms with Crippen LogP contribution in [0.15, 0.2) is 194 Å². The summed E-state index contributed by atoms with van der Waals surface area (Å²) < 4.78 is 0. The Morgan fingerprint density at radius 3 is 1.39 bits per heavy atom. The van der Waals surface area contributed by atoms with Crippen LogP contribution in [0.1, 0.15) is 48.6 Å². The lowest BCUT2D eigenvalue weighted by molar-refractivity contribution is 0.590. The van der Waals surface area contributed by atoms with Gasteiger partial charge in [0.2, 0.25) is 0 Å². The highest BCUT2D eigenvalue weighted by molar-refractivity contribution is 5.98. The van der Waals surface area contributed by atoms with Gasteiger partial charge in [0.1, 0.15) is 0 Å². The smallest absolute Gasteiger partial charge is 0.164 e. The summed E-state index contributed by atoms with van der Waals surface area (Å²) in [6.07, 6.45) is 0. The van der Waals surface area contributed by atoms with Crippen molar-refractivity contribution in [1.82, 2.24) is 15.0 Å². The molecule has 0 amide bonds. The summed E-state index contributed by atoms with van der Waals surface area (Å²) >= 11 is 0. The monoisotopic (exact) mass is 755 g/mol. The molecule has 1 atom stereocenters. The van der Waals surface area contributed by atoms with E-state index in [1.165, 1.54) is 61.2 Å². The van der Waals surface area contributed by atoms with E-state index in [-0.39, 0.29) is 5.41 Å². The van der Waals surface area contributed by atoms with Gasteiger partial charge in [-0.15, -0.1) is 0 Å². The standard InChI is InChI=1S/C56H41N3/c1-55(2,3)41-30-32-50-47(35-41)45-26-13-15-28-49(45)56(50)48-27-14-12-25-44(48)42-23-10-11-24-43(42)46-31-29-40(34-51(46)56)54-58-52(37-19-8-5-9-20-37)57-53(59-54)39-22-16-21-38(33-39)36-17-6-4-7-18-36/h4-35H,1-3H3. The first-order chi connectivity index (χ1) is 28.9. The van der Waals surface area contributed by atoms with Crippen molar-refractivity contribution in [3.63, 3.8) is 0 Å². The summed E-state index contributed by atoms with van der Waals surface area (Å²) in [5, 5.41) is 0. The number of rotatable bonds is 4. The first-order valence-electron chi connectivity index (χ1n) is 20.4. The number of hydrogen-bond donors (Lipinski definition) is 0. The molecule has 11 rings (SSSR count). The van der Waals surface area contributed by atoms with Crippen molar-refractivity contribution in [3.8, 4) is 78.7 Å². The summed E-state index contributed by atoms with van der Waals surface area (Å²) in [5.41, 5.74) is 18.3. The maximum absolute atomic E-state index is 5.32. The van der Waals surface area contributed by atoms with Gasteiger partial charge in [-0.3, -0.25) is 0 Å². The fraction of sp³-hybridized carbons (Fsp3) is 0.0893. The Labute approximate surface area is 345 Å². The highest BCUT2D eigenvalue weighted by Crippen LogP contribution is 2.62. The van der Waals surface area contributed by atoms with E-state index in [0.717, 1.165) is 27.8 Å². The third kappa shape index (κ3) is 5.53. The molecule has 0 saturated carbocycles. The zero-order chi connectivity index (χ0) is 39.7. The van der Waals surface area contributed by atoms with Crippen LogP contribution in [0.3, 0.4) is 0 Å². The van der Waals surface area contributed by atoms with Crippen molar-refractivity contribution in [2.24, 2.45) is 0 Å². The van der Waals surface area contributed by atoms with Gasteiger partial charge in [0.05, 0.1) is 5.41 Å². The van der Waals surface area contributed by atoms with E-state index in [9.17, 15) is 0 Å². The van der Waals surface area contributed by atoms with Gasteiger partial charge in [-0.1, -0.05) is 203 Å². The van der Waals surface area contributed by atoms with Crippen molar-refractivity contribution >= 4 is 0 Å². The molecule has 0 bridgehead atoms. The van der Waals surface area contributed by atoms with Crippen molar-refractivity contribution < 1.29 is 0 Å². The Hall–Kier alpha value is -7.23. The maximum Gasteiger partial charge on any atom is 0.164 e. The normalized spacial score (nSPS) is 14.8. The number of aromatic nitrogens is 3. The minimum atomic E-state index is -0.620. The molecule has 0 saturated heterocycles. The lowest BCUT2D eigenvalue weighted by Gasteiger charge is -2.36. The van der Waals surface area contributed by atoms with Crippen LogP contribution in [0.5, 0.6) is 0 Å². The summed E-state index contributed by atoms with van der Waals surface area (Å²) in [6, 6.07) is 70.3. The molecule has 8 aromatic carbocycles. The minimum Gasteiger partial charge on any atom is -0.208 e. The van der Waals surface area contributed by atoms with Gasteiger partial charge in [-0.25, -0.2) is 15.0 Å². The van der Waals surface area contributed by atoms with Crippen molar-refractivity contribution in [1.29, 1.82) is 0 Å². The Morgan fingerprint density at radius 1 is 0.305 bits per heavy atom. The number of nitrogens with zero attached hydrogens (tertiary/aromatic N) is 3. The lowest BCUT2D eigenvalue weighted by Crippen LogP contribution is -2.29. The zero-order valence-electron chi connectivity index (χ0n) is 33.3. The van der Waals surface area contributed by atoms with Crippen LogP contribution < -0.4 is 0 Å². The average molecular weight is 756 g/mol. The fourth-order valence-corrected chi connectivity index (χ4v) is 9.52. The summed E-state index contributed by atoms with van der Waals surface area (Å²) in [6.45, 7) is 6.90. The van der Waals surface area contributed by atoms with E-state index >= 15 is 0 Å². The van der Waals surface area contributed by atoms with Gasteiger partial charge >= 0.3 is 0 Å². The highest BCUT2D eigenvalue weighted by Gasteiger charge is 2.50. The van der Waals surface area contributed by atoms with Crippen molar-refractivity contribution in [2.45, 2.75) is 31.6 Å². The van der Waals surface area contributed by atoms with E-state index < -0.39 is 5.41 Å². The number of hydrogen-bond acceptors (Lipinski definition) is 3. The van der Waals surface area contributed by atoms with Crippen LogP contribution >= 0.6 is 0 Å². The number of benzene rings is 8. The van der Waals surface area contributed by atoms with Crippen LogP contribution in [-0.4, -0.2) is 15.0 Å². The van der Waals surface area contributed by atoms with Gasteiger partial charge < -0.3 is 0 Å². The quantitative estimate of drug-likeness (QED) is 0.180. The third-order valence-electron chi connectivity index (χ3n) is 12.3. The largest absolute Gasteiger partial charge is 0.208 e. The molecule has 3 heteroatoms. The molecule has 1 heterocycles. The molecule has 0 radical (unpaired) electrons. The molecule has 59 heavy (non-hydrogen) atoms. The second-order valence-corrected chi connectivity index (χ2v) is 16.8. The molecule has 1 aromatic heterocycles. The number of fused-ring (bicyclic) bond motifs is 12. The van der Waals surface area contributed by atoms with E-state index in [1.807, 2.05) is 24.3 Å². The SMILES string of the molecule is CC(C)(C)c1ccc2c(c1)-c1ccccc1C21c2ccccc2-c2ccccc2-c2ccc(-c3nc(-c4ccccc4)nc(-c4cccc(-c5ccccc5)c4)n3)cc21. The van der Waals surface area contributed by atoms with Crippen LogP contribution in [-0.2, 0) is 10.8 Å². The van der Waals surface area contributed by atoms with E-state index in [2.05, 4.69) is 191 Å². The minimum absolute atomic E-state index is 0.00410. The molecular formula is C56H41N3. The topological polar surface area (TPSA) is 38.7 Å². The van der Waals surface area contributed by atoms with E-state index in [1.54, 1.807) is 0 Å². The molecule has 1 spiro atoms. The molecule has 0 aliphatic heterocycles. The van der Waals surface area contributed by atoms with E-state index in [4.69, 9.17) is 15.0 Å². The Balaban J connectivity index is 1.21. The van der Waals surface area contributed by atoms with Gasteiger partial charge in [0.25, 0.3) is 0 Å². The van der Waals surface area contributed by atoms with Crippen LogP contribution in [0.2, 0.25) is 0 Å². The summed E-state index contributed by atoms with van der Waals surface area (Å²) in [7, 11) is 0. The van der Waals surface area contributed by atoms with Crippen LogP contribution in [0, 0.1) is 0 Å². The molecule has 280 valence electrons. The molecule has 9 aromatic rings. The Kier molecular flexibility index (Phi) is 7.96. The molecular weight excluding hydrogens is 715 g/mol. The lowest BCUT2D eigenvalue weighted by atomic mass is 9.65. The highest BCUT2D eigenvalue weighted by atomic mass is 15.0. The van der Waals surface area contributed by atoms with Crippen LogP contribution in [0.4, 0.5) is 0 Å². The van der Waals surface area contributed by atoms with Gasteiger partial charge in [0, 0.05) is 16.7 Å². The summed E-state index contributed by atoms with van der Waals surface area (Å²) in [5.74, 6) is 1.91. The molecule has 1 unspecified atom stereocenters. The van der Waals surface area contributed by atoms with Crippen molar-refractivity contribution in [2.75, 3.05) is 0 Å². The molecule has 0 N–H and O–H groups in total. The molecule has 3 nitrogen and oxygen atoms in total. The molecule has 0 fully saturated rings. The van der Waals surface area contributed by atoms with Gasteiger partial charge in [0.15, 0.2) is 17.5 Å². The average Bonchev–Trinajstić information content (AvgIpc) is 3.53. The van der Waals surface area contributed by atoms with Crippen molar-refractivity contribution in [3.05, 3.63) is 222 Å². The van der Waals surface area contributed by atoms with E-state index in [0.29, 0.717) is 17.5 Å².